The summed E-state index contributed by atoms with van der Waals surface area (Å²) in [4.78, 5) is 16.2. The molecule has 2 aromatic heterocycles. The van der Waals surface area contributed by atoms with Gasteiger partial charge in [-0.3, -0.25) is 4.99 Å². The number of rotatable bonds is 8. The molecule has 9 nitrogen and oxygen atoms in total. The van der Waals surface area contributed by atoms with Gasteiger partial charge in [-0.2, -0.15) is 0 Å². The first kappa shape index (κ1) is 26.8. The van der Waals surface area contributed by atoms with Gasteiger partial charge in [0.2, 0.25) is 0 Å². The van der Waals surface area contributed by atoms with Crippen LogP contribution in [0.2, 0.25) is 0 Å². The molecule has 6 N–H and O–H groups in total. The van der Waals surface area contributed by atoms with Gasteiger partial charge in [-0.15, -0.1) is 0 Å². The topological polar surface area (TPSA) is 138 Å². The molecule has 0 saturated carbocycles. The fourth-order valence-electron chi connectivity index (χ4n) is 3.16. The van der Waals surface area contributed by atoms with Crippen LogP contribution >= 0.6 is 0 Å². The maximum atomic E-state index is 5.53. The first-order valence-electron chi connectivity index (χ1n) is 10.9. The summed E-state index contributed by atoms with van der Waals surface area (Å²) in [5.41, 5.74) is 20.8. The molecule has 35 heavy (non-hydrogen) atoms. The van der Waals surface area contributed by atoms with E-state index in [4.69, 9.17) is 17.2 Å². The number of benzene rings is 2. The third kappa shape index (κ3) is 9.95. The summed E-state index contributed by atoms with van der Waals surface area (Å²) in [6.45, 7) is 4.62. The van der Waals surface area contributed by atoms with Gasteiger partial charge in [0.05, 0.1) is 31.6 Å². The van der Waals surface area contributed by atoms with Crippen LogP contribution in [0.15, 0.2) is 96.0 Å². The zero-order valence-corrected chi connectivity index (χ0v) is 19.3. The molecule has 2 heterocycles. The van der Waals surface area contributed by atoms with Crippen molar-refractivity contribution >= 4 is 11.8 Å². The molecule has 4 aromatic rings. The van der Waals surface area contributed by atoms with Gasteiger partial charge in [0.1, 0.15) is 0 Å². The molecule has 0 unspecified atom stereocenters. The molecule has 9 heteroatoms. The molecule has 0 amide bonds. The van der Waals surface area contributed by atoms with Gasteiger partial charge in [0.25, 0.3) is 0 Å². The molecule has 4 rings (SSSR count). The SMILES string of the molecule is C.CC(N)=NCc1cccc(Cn2ccnc2)c1.NC(N)=NCc1ccc(Cn2ccnc2)cc1. The molecule has 0 aliphatic rings. The van der Waals surface area contributed by atoms with E-state index in [0.29, 0.717) is 18.9 Å². The Labute approximate surface area is 207 Å². The van der Waals surface area contributed by atoms with Crippen LogP contribution in [0.3, 0.4) is 0 Å². The minimum absolute atomic E-state index is 0. The first-order chi connectivity index (χ1) is 16.5. The van der Waals surface area contributed by atoms with Crippen molar-refractivity contribution in [1.82, 2.24) is 19.1 Å². The number of hydrogen-bond acceptors (Lipinski definition) is 4. The second-order valence-electron chi connectivity index (χ2n) is 7.81. The fraction of sp³-hybridized carbons (Fsp3) is 0.231. The average Bonchev–Trinajstić information content (AvgIpc) is 3.52. The lowest BCUT2D eigenvalue weighted by molar-refractivity contribution is 0.795. The van der Waals surface area contributed by atoms with Crippen LogP contribution in [-0.2, 0) is 26.2 Å². The molecule has 0 bridgehead atoms. The lowest BCUT2D eigenvalue weighted by Crippen LogP contribution is -2.22. The third-order valence-electron chi connectivity index (χ3n) is 4.82. The van der Waals surface area contributed by atoms with Gasteiger partial charge in [0, 0.05) is 37.9 Å². The van der Waals surface area contributed by atoms with E-state index in [2.05, 4.69) is 50.3 Å². The summed E-state index contributed by atoms with van der Waals surface area (Å²) in [6, 6.07) is 16.5. The number of hydrogen-bond donors (Lipinski definition) is 3. The van der Waals surface area contributed by atoms with E-state index >= 15 is 0 Å². The van der Waals surface area contributed by atoms with Gasteiger partial charge in [-0.05, 0) is 29.2 Å². The minimum Gasteiger partial charge on any atom is -0.388 e. The largest absolute Gasteiger partial charge is 0.388 e. The van der Waals surface area contributed by atoms with Crippen LogP contribution in [0.5, 0.6) is 0 Å². The van der Waals surface area contributed by atoms with Crippen molar-refractivity contribution < 1.29 is 0 Å². The van der Waals surface area contributed by atoms with Crippen molar-refractivity contribution in [2.24, 2.45) is 27.2 Å². The number of amidine groups is 1. The number of nitrogens with two attached hydrogens (primary N) is 3. The lowest BCUT2D eigenvalue weighted by Gasteiger charge is -2.04. The maximum absolute atomic E-state index is 5.53. The second-order valence-corrected chi connectivity index (χ2v) is 7.81. The van der Waals surface area contributed by atoms with E-state index in [9.17, 15) is 0 Å². The number of guanidine groups is 1. The van der Waals surface area contributed by atoms with Gasteiger partial charge in [-0.1, -0.05) is 56.0 Å². The first-order valence-corrected chi connectivity index (χ1v) is 10.9. The standard InChI is InChI=1S/C13H16N4.C12H15N5.CH4/c1-11(14)16-8-12-3-2-4-13(7-12)9-17-6-5-15-10-17;13-12(14)16-7-10-1-3-11(4-2-10)8-17-6-5-15-9-17;/h2-7,10H,8-9H2,1H3,(H2,14,16);1-6,9H,7-8H2,(H4,13,14,16);1H4. The Kier molecular flexibility index (Phi) is 10.7. The van der Waals surface area contributed by atoms with Gasteiger partial charge in [-0.25, -0.2) is 15.0 Å². The Bertz CT molecular complexity index is 1170. The summed E-state index contributed by atoms with van der Waals surface area (Å²) in [6.07, 6.45) is 11.1. The number of nitrogens with zero attached hydrogens (tertiary/aromatic N) is 6. The van der Waals surface area contributed by atoms with Crippen molar-refractivity contribution in [3.05, 3.63) is 108 Å². The summed E-state index contributed by atoms with van der Waals surface area (Å²) in [5, 5.41) is 0. The smallest absolute Gasteiger partial charge is 0.186 e. The Morgan fingerprint density at radius 2 is 1.29 bits per heavy atom. The van der Waals surface area contributed by atoms with Crippen molar-refractivity contribution in [2.45, 2.75) is 40.5 Å². The van der Waals surface area contributed by atoms with Crippen LogP contribution < -0.4 is 17.2 Å². The van der Waals surface area contributed by atoms with Gasteiger partial charge >= 0.3 is 0 Å². The van der Waals surface area contributed by atoms with Crippen molar-refractivity contribution in [2.75, 3.05) is 0 Å². The Morgan fingerprint density at radius 3 is 1.83 bits per heavy atom. The monoisotopic (exact) mass is 473 g/mol. The molecule has 0 spiro atoms. The van der Waals surface area contributed by atoms with Gasteiger partial charge < -0.3 is 26.3 Å². The Morgan fingerprint density at radius 1 is 0.743 bits per heavy atom. The maximum Gasteiger partial charge on any atom is 0.186 e. The minimum atomic E-state index is 0. The molecule has 0 fully saturated rings. The summed E-state index contributed by atoms with van der Waals surface area (Å²) >= 11 is 0. The lowest BCUT2D eigenvalue weighted by atomic mass is 10.1. The van der Waals surface area contributed by atoms with Crippen molar-refractivity contribution in [3.8, 4) is 0 Å². The van der Waals surface area contributed by atoms with Crippen LogP contribution in [0.4, 0.5) is 0 Å². The van der Waals surface area contributed by atoms with E-state index in [1.807, 2.05) is 46.1 Å². The highest BCUT2D eigenvalue weighted by Gasteiger charge is 1.98. The van der Waals surface area contributed by atoms with E-state index in [0.717, 1.165) is 18.7 Å². The summed E-state index contributed by atoms with van der Waals surface area (Å²) in [5.74, 6) is 0.734. The predicted octanol–water partition coefficient (Wildman–Crippen LogP) is 3.15. The molecule has 184 valence electrons. The zero-order chi connectivity index (χ0) is 24.2. The highest BCUT2D eigenvalue weighted by molar-refractivity contribution is 5.77. The second kappa shape index (κ2) is 14.0. The molecule has 0 aliphatic carbocycles. The van der Waals surface area contributed by atoms with Crippen LogP contribution in [0, 0.1) is 0 Å². The van der Waals surface area contributed by atoms with Crippen LogP contribution in [0.25, 0.3) is 0 Å². The van der Waals surface area contributed by atoms with E-state index in [1.54, 1.807) is 25.6 Å². The molecule has 0 saturated heterocycles. The third-order valence-corrected chi connectivity index (χ3v) is 4.82. The van der Waals surface area contributed by atoms with Crippen LogP contribution in [0.1, 0.15) is 36.6 Å². The molecule has 2 aromatic carbocycles. The highest BCUT2D eigenvalue weighted by Crippen LogP contribution is 2.09. The van der Waals surface area contributed by atoms with E-state index in [1.165, 1.54) is 16.7 Å². The normalized spacial score (nSPS) is 10.6. The number of aromatic nitrogens is 4. The van der Waals surface area contributed by atoms with Crippen LogP contribution in [-0.4, -0.2) is 30.9 Å². The number of imidazole rings is 2. The quantitative estimate of drug-likeness (QED) is 0.266. The molecular formula is C26H35N9. The zero-order valence-electron chi connectivity index (χ0n) is 19.3. The van der Waals surface area contributed by atoms with Crippen molar-refractivity contribution in [1.29, 1.82) is 0 Å². The average molecular weight is 474 g/mol. The molecule has 0 atom stereocenters. The molecule has 0 aliphatic heterocycles. The molecular weight excluding hydrogens is 438 g/mol. The van der Waals surface area contributed by atoms with E-state index in [-0.39, 0.29) is 13.4 Å². The Hall–Kier alpha value is -4.40. The van der Waals surface area contributed by atoms with E-state index < -0.39 is 0 Å². The predicted molar refractivity (Wildman–Crippen MR) is 143 cm³/mol. The number of aliphatic imine (C=N–C) groups is 2. The Balaban J connectivity index is 0.000000240. The van der Waals surface area contributed by atoms with Gasteiger partial charge in [0.15, 0.2) is 5.96 Å². The summed E-state index contributed by atoms with van der Waals surface area (Å²) in [7, 11) is 0. The van der Waals surface area contributed by atoms with Crippen molar-refractivity contribution in [3.63, 3.8) is 0 Å². The summed E-state index contributed by atoms with van der Waals surface area (Å²) < 4.78 is 4.06. The highest BCUT2D eigenvalue weighted by atomic mass is 15.0. The fourth-order valence-corrected chi connectivity index (χ4v) is 3.16. The molecule has 0 radical (unpaired) electrons.